The van der Waals surface area contributed by atoms with Crippen LogP contribution in [-0.4, -0.2) is 103 Å². The lowest BCUT2D eigenvalue weighted by Crippen LogP contribution is -2.65. The van der Waals surface area contributed by atoms with E-state index in [1.807, 2.05) is 132 Å². The van der Waals surface area contributed by atoms with Crippen molar-refractivity contribution in [1.82, 2.24) is 4.90 Å². The number of nitrogens with zero attached hydrogens (tertiary/aromatic N) is 1. The monoisotopic (exact) mass is 919 g/mol. The highest BCUT2D eigenvalue weighted by Crippen LogP contribution is 2.38. The van der Waals surface area contributed by atoms with Crippen molar-refractivity contribution in [3.63, 3.8) is 0 Å². The molecule has 3 saturated heterocycles. The summed E-state index contributed by atoms with van der Waals surface area (Å²) in [5.74, 6) is -1.24. The molecular weight excluding hydrogens is 863 g/mol. The molecule has 0 unspecified atom stereocenters. The molecule has 352 valence electrons. The largest absolute Gasteiger partial charge is 0.453 e. The van der Waals surface area contributed by atoms with Crippen molar-refractivity contribution in [2.75, 3.05) is 19.7 Å². The SMILES string of the molecule is O=C(O[C@H]1[C@H](O)[C@H]2[C@@H](O[C@H]3O[C@H](COCc4ccccc4)[C@@H](OCc4ccccc4)[C@H](OCc4ccccc4)[C@H]3OCc3ccccc3)CCN2C[C@@H]1OC(=O)c1ccccc1)c1ccccc1. The van der Waals surface area contributed by atoms with E-state index in [4.69, 9.17) is 37.9 Å². The lowest BCUT2D eigenvalue weighted by atomic mass is 9.92. The van der Waals surface area contributed by atoms with Crippen LogP contribution in [0.4, 0.5) is 0 Å². The maximum atomic E-state index is 13.7. The smallest absolute Gasteiger partial charge is 0.338 e. The number of esters is 2. The molecule has 3 fully saturated rings. The van der Waals surface area contributed by atoms with E-state index in [0.717, 1.165) is 22.3 Å². The second-order valence-electron chi connectivity index (χ2n) is 17.3. The molecule has 12 heteroatoms. The minimum atomic E-state index is -1.33. The van der Waals surface area contributed by atoms with Crippen LogP contribution in [0.3, 0.4) is 0 Å². The van der Waals surface area contributed by atoms with Crippen molar-refractivity contribution in [2.24, 2.45) is 0 Å². The molecule has 6 aromatic rings. The van der Waals surface area contributed by atoms with E-state index in [9.17, 15) is 14.7 Å². The van der Waals surface area contributed by atoms with Crippen molar-refractivity contribution in [3.8, 4) is 0 Å². The molecule has 9 rings (SSSR count). The summed E-state index contributed by atoms with van der Waals surface area (Å²) in [7, 11) is 0. The van der Waals surface area contributed by atoms with Crippen LogP contribution in [0, 0.1) is 0 Å². The van der Waals surface area contributed by atoms with Crippen LogP contribution in [-0.2, 0) is 64.3 Å². The predicted octanol–water partition coefficient (Wildman–Crippen LogP) is 7.97. The number of piperidine rings is 1. The van der Waals surface area contributed by atoms with Crippen LogP contribution in [0.15, 0.2) is 182 Å². The number of hydrogen-bond donors (Lipinski definition) is 1. The number of carbonyl (C=O) groups excluding carboxylic acids is 2. The Kier molecular flexibility index (Phi) is 16.1. The Labute approximate surface area is 397 Å². The Balaban J connectivity index is 1.03. The van der Waals surface area contributed by atoms with E-state index in [0.29, 0.717) is 30.7 Å². The minimum Gasteiger partial charge on any atom is -0.453 e. The summed E-state index contributed by atoms with van der Waals surface area (Å²) >= 11 is 0. The lowest BCUT2D eigenvalue weighted by molar-refractivity contribution is -0.339. The fourth-order valence-corrected chi connectivity index (χ4v) is 9.22. The first-order valence-electron chi connectivity index (χ1n) is 23.3. The van der Waals surface area contributed by atoms with Gasteiger partial charge in [0.25, 0.3) is 0 Å². The van der Waals surface area contributed by atoms with E-state index < -0.39 is 73.1 Å². The van der Waals surface area contributed by atoms with Crippen LogP contribution >= 0.6 is 0 Å². The molecule has 0 saturated carbocycles. The molecule has 3 aliphatic rings. The highest BCUT2D eigenvalue weighted by molar-refractivity contribution is 5.90. The van der Waals surface area contributed by atoms with Crippen molar-refractivity contribution >= 4 is 11.9 Å². The molecule has 0 bridgehead atoms. The van der Waals surface area contributed by atoms with Crippen LogP contribution in [0.25, 0.3) is 0 Å². The molecule has 0 amide bonds. The van der Waals surface area contributed by atoms with Crippen molar-refractivity contribution in [3.05, 3.63) is 215 Å². The van der Waals surface area contributed by atoms with Gasteiger partial charge >= 0.3 is 11.9 Å². The molecule has 3 heterocycles. The lowest BCUT2D eigenvalue weighted by Gasteiger charge is -2.48. The van der Waals surface area contributed by atoms with Crippen molar-refractivity contribution in [2.45, 2.75) is 94.0 Å². The molecule has 10 atom stereocenters. The zero-order valence-corrected chi connectivity index (χ0v) is 37.7. The second-order valence-corrected chi connectivity index (χ2v) is 17.3. The third-order valence-electron chi connectivity index (χ3n) is 12.6. The number of rotatable bonds is 19. The van der Waals surface area contributed by atoms with E-state index in [1.54, 1.807) is 54.6 Å². The molecule has 0 spiro atoms. The first kappa shape index (κ1) is 47.0. The Morgan fingerprint density at radius 3 is 1.47 bits per heavy atom. The summed E-state index contributed by atoms with van der Waals surface area (Å²) in [6.45, 7) is 1.90. The van der Waals surface area contributed by atoms with E-state index >= 15 is 0 Å². The normalized spacial score (nSPS) is 25.8. The van der Waals surface area contributed by atoms with Gasteiger partial charge in [-0.3, -0.25) is 4.90 Å². The van der Waals surface area contributed by atoms with Gasteiger partial charge in [-0.2, -0.15) is 0 Å². The zero-order valence-electron chi connectivity index (χ0n) is 37.7. The predicted molar refractivity (Wildman–Crippen MR) is 252 cm³/mol. The van der Waals surface area contributed by atoms with Crippen molar-refractivity contribution < 1.29 is 52.6 Å². The Morgan fingerprint density at radius 2 is 0.956 bits per heavy atom. The van der Waals surface area contributed by atoms with Crippen LogP contribution < -0.4 is 0 Å². The molecule has 0 radical (unpaired) electrons. The molecule has 12 nitrogen and oxygen atoms in total. The Morgan fingerprint density at radius 1 is 0.515 bits per heavy atom. The molecule has 6 aromatic carbocycles. The van der Waals surface area contributed by atoms with Gasteiger partial charge in [0.15, 0.2) is 18.5 Å². The first-order valence-corrected chi connectivity index (χ1v) is 23.3. The number of benzene rings is 6. The molecule has 3 aliphatic heterocycles. The van der Waals surface area contributed by atoms with Gasteiger partial charge in [0.05, 0.1) is 56.3 Å². The summed E-state index contributed by atoms with van der Waals surface area (Å²) in [6, 6.07) is 56.1. The minimum absolute atomic E-state index is 0.139. The van der Waals surface area contributed by atoms with E-state index in [1.165, 1.54) is 0 Å². The van der Waals surface area contributed by atoms with Gasteiger partial charge in [0.1, 0.15) is 30.5 Å². The van der Waals surface area contributed by atoms with Gasteiger partial charge < -0.3 is 43.0 Å². The van der Waals surface area contributed by atoms with E-state index in [-0.39, 0.29) is 33.0 Å². The Bertz CT molecular complexity index is 2450. The Hall–Kier alpha value is -6.06. The van der Waals surface area contributed by atoms with Gasteiger partial charge in [-0.25, -0.2) is 9.59 Å². The maximum Gasteiger partial charge on any atom is 0.338 e. The van der Waals surface area contributed by atoms with Gasteiger partial charge in [-0.05, 0) is 52.9 Å². The third-order valence-corrected chi connectivity index (χ3v) is 12.6. The standard InChI is InChI=1S/C56H57NO11/c58-49-48-45(31-32-57(48)33-46(65-54(59)43-27-15-5-16-28-43)50(49)68-55(60)44-29-17-6-18-30-44)66-56-53(64-37-42-25-13-4-14-26-42)52(63-36-41-23-11-3-12-24-41)51(62-35-40-21-9-2-10-22-40)47(67-56)38-61-34-39-19-7-1-8-20-39/h1-30,45-53,56,58H,31-38H2/t45-,46-,47+,48+,49+,50+,51+,52-,53+,56-/m0/s1. The number of hydrogen-bond acceptors (Lipinski definition) is 12. The maximum absolute atomic E-state index is 13.7. The average molecular weight is 920 g/mol. The molecule has 68 heavy (non-hydrogen) atoms. The third kappa shape index (κ3) is 12.0. The number of carbonyl (C=O) groups is 2. The highest BCUT2D eigenvalue weighted by atomic mass is 16.7. The fourth-order valence-electron chi connectivity index (χ4n) is 9.22. The van der Waals surface area contributed by atoms with Gasteiger partial charge in [-0.15, -0.1) is 0 Å². The van der Waals surface area contributed by atoms with Gasteiger partial charge in [0.2, 0.25) is 0 Å². The zero-order chi connectivity index (χ0) is 46.5. The molecular formula is C56H57NO11. The van der Waals surface area contributed by atoms with E-state index in [2.05, 4.69) is 0 Å². The van der Waals surface area contributed by atoms with Crippen LogP contribution in [0.1, 0.15) is 49.4 Å². The molecule has 1 N–H and O–H groups in total. The number of aliphatic hydroxyl groups is 1. The topological polar surface area (TPSA) is 131 Å². The number of fused-ring (bicyclic) bond motifs is 1. The van der Waals surface area contributed by atoms with Gasteiger partial charge in [0, 0.05) is 13.1 Å². The molecule has 0 aliphatic carbocycles. The molecule has 0 aromatic heterocycles. The second kappa shape index (κ2) is 23.3. The summed E-state index contributed by atoms with van der Waals surface area (Å²) in [6.07, 6.45) is -7.72. The quantitative estimate of drug-likeness (QED) is 0.0791. The number of aliphatic hydroxyl groups excluding tert-OH is 1. The first-order chi connectivity index (χ1) is 33.5. The number of ether oxygens (including phenoxy) is 8. The summed E-state index contributed by atoms with van der Waals surface area (Å²) in [5, 5.41) is 12.4. The highest BCUT2D eigenvalue weighted by Gasteiger charge is 2.56. The van der Waals surface area contributed by atoms with Crippen molar-refractivity contribution in [1.29, 1.82) is 0 Å². The summed E-state index contributed by atoms with van der Waals surface area (Å²) < 4.78 is 53.4. The van der Waals surface area contributed by atoms with Gasteiger partial charge in [-0.1, -0.05) is 158 Å². The summed E-state index contributed by atoms with van der Waals surface area (Å²) in [5.41, 5.74) is 4.53. The fraction of sp³-hybridized carbons (Fsp3) is 0.321. The average Bonchev–Trinajstić information content (AvgIpc) is 3.79. The van der Waals surface area contributed by atoms with Crippen LogP contribution in [0.5, 0.6) is 0 Å². The summed E-state index contributed by atoms with van der Waals surface area (Å²) in [4.78, 5) is 29.2. The van der Waals surface area contributed by atoms with Crippen LogP contribution in [0.2, 0.25) is 0 Å².